The second kappa shape index (κ2) is 8.30. The highest BCUT2D eigenvalue weighted by Gasteiger charge is 2.41. The van der Waals surface area contributed by atoms with Gasteiger partial charge in [-0.15, -0.1) is 11.8 Å². The first-order valence-electron chi connectivity index (χ1n) is 10.7. The van der Waals surface area contributed by atoms with Crippen LogP contribution in [0.1, 0.15) is 43.0 Å². The van der Waals surface area contributed by atoms with Crippen molar-refractivity contribution < 1.29 is 14.3 Å². The highest BCUT2D eigenvalue weighted by atomic mass is 32.2. The van der Waals surface area contributed by atoms with Gasteiger partial charge in [0.2, 0.25) is 0 Å². The van der Waals surface area contributed by atoms with E-state index in [1.54, 1.807) is 24.8 Å². The van der Waals surface area contributed by atoms with Crippen molar-refractivity contribution in [3.8, 4) is 0 Å². The summed E-state index contributed by atoms with van der Waals surface area (Å²) in [6.45, 7) is 2.12. The van der Waals surface area contributed by atoms with Gasteiger partial charge in [0.25, 0.3) is 5.91 Å². The molecule has 1 aliphatic carbocycles. The van der Waals surface area contributed by atoms with Crippen LogP contribution in [0.25, 0.3) is 22.1 Å². The third kappa shape index (κ3) is 3.67. The molecule has 31 heavy (non-hydrogen) atoms. The molecule has 1 aliphatic heterocycles. The van der Waals surface area contributed by atoms with E-state index in [0.717, 1.165) is 36.7 Å². The summed E-state index contributed by atoms with van der Waals surface area (Å²) in [5.41, 5.74) is 3.82. The second-order valence-corrected chi connectivity index (χ2v) is 9.10. The zero-order valence-corrected chi connectivity index (χ0v) is 18.1. The van der Waals surface area contributed by atoms with Crippen molar-refractivity contribution in [2.75, 3.05) is 6.61 Å². The molecule has 6 nitrogen and oxygen atoms in total. The number of carbonyl (C=O) groups excluding carboxylic acids is 2. The molecule has 0 spiro atoms. The molecular weight excluding hydrogens is 410 g/mol. The molecule has 158 valence electrons. The summed E-state index contributed by atoms with van der Waals surface area (Å²) in [6, 6.07) is 13.0. The van der Waals surface area contributed by atoms with Gasteiger partial charge in [0.15, 0.2) is 0 Å². The van der Waals surface area contributed by atoms with E-state index in [0.29, 0.717) is 39.1 Å². The van der Waals surface area contributed by atoms with Crippen molar-refractivity contribution >= 4 is 45.7 Å². The quantitative estimate of drug-likeness (QED) is 0.479. The standard InChI is InChI=1S/C24H23N3O3S/c1-2-30-24(29)20-14-8-3-6-13-19(14)31-23(20)27-22(28)15-9-7-12-18-21(15)26-17-11-5-4-10-16(17)25-18/h4-5,7,9-12,14,19H,2-3,6,8,13H2,1H3,(H,27,28)/t14-,19-/m0/s1. The lowest BCUT2D eigenvalue weighted by molar-refractivity contribution is -0.139. The number of hydrogen-bond acceptors (Lipinski definition) is 6. The molecule has 2 heterocycles. The Kier molecular flexibility index (Phi) is 5.36. The minimum Gasteiger partial charge on any atom is -0.463 e. The van der Waals surface area contributed by atoms with Crippen LogP contribution in [0, 0.1) is 5.92 Å². The van der Waals surface area contributed by atoms with Crippen LogP contribution in [0.3, 0.4) is 0 Å². The highest BCUT2D eigenvalue weighted by Crippen LogP contribution is 2.48. The highest BCUT2D eigenvalue weighted by molar-refractivity contribution is 8.04. The van der Waals surface area contributed by atoms with Crippen molar-refractivity contribution in [1.82, 2.24) is 15.3 Å². The number of thioether (sulfide) groups is 1. The number of esters is 1. The van der Waals surface area contributed by atoms with Gasteiger partial charge < -0.3 is 10.1 Å². The number of benzene rings is 2. The number of carbonyl (C=O) groups is 2. The summed E-state index contributed by atoms with van der Waals surface area (Å²) in [7, 11) is 0. The van der Waals surface area contributed by atoms with Gasteiger partial charge in [0.1, 0.15) is 5.52 Å². The Morgan fingerprint density at radius 2 is 1.77 bits per heavy atom. The first-order valence-corrected chi connectivity index (χ1v) is 11.6. The Bertz CT molecular complexity index is 1220. The van der Waals surface area contributed by atoms with Crippen LogP contribution in [0.4, 0.5) is 0 Å². The molecule has 0 bridgehead atoms. The fraction of sp³-hybridized carbons (Fsp3) is 0.333. The molecule has 1 saturated carbocycles. The Labute approximate surface area is 184 Å². The molecule has 3 aromatic rings. The lowest BCUT2D eigenvalue weighted by Gasteiger charge is -2.25. The molecule has 0 radical (unpaired) electrons. The van der Waals surface area contributed by atoms with Crippen molar-refractivity contribution in [1.29, 1.82) is 0 Å². The number of rotatable bonds is 4. The SMILES string of the molecule is CCOC(=O)C1=C(NC(=O)c2cccc3nc4ccccc4nc23)S[C@H]2CCCC[C@H]12. The molecular formula is C24H23N3O3S. The van der Waals surface area contributed by atoms with Crippen LogP contribution in [0.2, 0.25) is 0 Å². The third-order valence-electron chi connectivity index (χ3n) is 5.92. The van der Waals surface area contributed by atoms with Gasteiger partial charge in [-0.05, 0) is 44.0 Å². The Balaban J connectivity index is 1.52. The zero-order chi connectivity index (χ0) is 21.4. The molecule has 1 N–H and O–H groups in total. The van der Waals surface area contributed by atoms with Crippen LogP contribution >= 0.6 is 11.8 Å². The number of hydrogen-bond donors (Lipinski definition) is 1. The fourth-order valence-electron chi connectivity index (χ4n) is 4.50. The first kappa shape index (κ1) is 20.0. The topological polar surface area (TPSA) is 81.2 Å². The summed E-state index contributed by atoms with van der Waals surface area (Å²) in [5.74, 6) is -0.453. The van der Waals surface area contributed by atoms with Crippen molar-refractivity contribution in [3.05, 3.63) is 58.6 Å². The van der Waals surface area contributed by atoms with E-state index in [1.165, 1.54) is 0 Å². The van der Waals surface area contributed by atoms with Crippen LogP contribution < -0.4 is 5.32 Å². The monoisotopic (exact) mass is 433 g/mol. The summed E-state index contributed by atoms with van der Waals surface area (Å²) in [6.07, 6.45) is 4.25. The predicted molar refractivity (Wildman–Crippen MR) is 122 cm³/mol. The number of nitrogens with one attached hydrogen (secondary N) is 1. The summed E-state index contributed by atoms with van der Waals surface area (Å²) in [5, 5.41) is 3.97. The molecule has 0 unspecified atom stereocenters. The van der Waals surface area contributed by atoms with E-state index in [9.17, 15) is 9.59 Å². The fourth-order valence-corrected chi connectivity index (χ4v) is 6.03. The maximum absolute atomic E-state index is 13.3. The zero-order valence-electron chi connectivity index (χ0n) is 17.3. The molecule has 1 aromatic heterocycles. The predicted octanol–water partition coefficient (Wildman–Crippen LogP) is 4.59. The normalized spacial score (nSPS) is 20.7. The molecule has 1 amide bonds. The van der Waals surface area contributed by atoms with Gasteiger partial charge in [-0.1, -0.05) is 31.0 Å². The van der Waals surface area contributed by atoms with Crippen LogP contribution in [0.15, 0.2) is 53.1 Å². The second-order valence-electron chi connectivity index (χ2n) is 7.85. The average molecular weight is 434 g/mol. The van der Waals surface area contributed by atoms with Gasteiger partial charge in [0.05, 0.1) is 39.3 Å². The Morgan fingerprint density at radius 1 is 1.03 bits per heavy atom. The summed E-state index contributed by atoms with van der Waals surface area (Å²) in [4.78, 5) is 35.4. The lowest BCUT2D eigenvalue weighted by Crippen LogP contribution is -2.26. The molecule has 2 aromatic carbocycles. The van der Waals surface area contributed by atoms with Gasteiger partial charge in [-0.3, -0.25) is 4.79 Å². The van der Waals surface area contributed by atoms with Crippen LogP contribution in [-0.4, -0.2) is 33.7 Å². The number of para-hydroxylation sites is 3. The van der Waals surface area contributed by atoms with E-state index in [4.69, 9.17) is 9.72 Å². The number of ether oxygens (including phenoxy) is 1. The molecule has 2 atom stereocenters. The maximum atomic E-state index is 13.3. The molecule has 2 aliphatic rings. The van der Waals surface area contributed by atoms with Gasteiger partial charge in [-0.25, -0.2) is 14.8 Å². The van der Waals surface area contributed by atoms with E-state index in [2.05, 4.69) is 10.3 Å². The largest absolute Gasteiger partial charge is 0.463 e. The lowest BCUT2D eigenvalue weighted by atomic mass is 9.84. The van der Waals surface area contributed by atoms with Crippen molar-refractivity contribution in [3.63, 3.8) is 0 Å². The minimum absolute atomic E-state index is 0.143. The maximum Gasteiger partial charge on any atom is 0.336 e. The Morgan fingerprint density at radius 3 is 2.58 bits per heavy atom. The van der Waals surface area contributed by atoms with E-state index in [-0.39, 0.29) is 17.8 Å². The van der Waals surface area contributed by atoms with E-state index in [1.807, 2.05) is 36.4 Å². The number of amides is 1. The number of nitrogens with zero attached hydrogens (tertiary/aromatic N) is 2. The number of fused-ring (bicyclic) bond motifs is 3. The van der Waals surface area contributed by atoms with Gasteiger partial charge in [0, 0.05) is 11.2 Å². The Hall–Kier alpha value is -2.93. The minimum atomic E-state index is -0.316. The third-order valence-corrected chi connectivity index (χ3v) is 7.35. The van der Waals surface area contributed by atoms with Gasteiger partial charge in [-0.2, -0.15) is 0 Å². The summed E-state index contributed by atoms with van der Waals surface area (Å²) < 4.78 is 5.33. The average Bonchev–Trinajstić information content (AvgIpc) is 3.15. The van der Waals surface area contributed by atoms with Crippen molar-refractivity contribution in [2.24, 2.45) is 5.92 Å². The van der Waals surface area contributed by atoms with E-state index < -0.39 is 0 Å². The molecule has 5 rings (SSSR count). The van der Waals surface area contributed by atoms with Crippen LogP contribution in [-0.2, 0) is 9.53 Å². The van der Waals surface area contributed by atoms with Crippen LogP contribution in [0.5, 0.6) is 0 Å². The molecule has 1 fully saturated rings. The van der Waals surface area contributed by atoms with Crippen molar-refractivity contribution in [2.45, 2.75) is 37.9 Å². The summed E-state index contributed by atoms with van der Waals surface area (Å²) >= 11 is 1.60. The number of aromatic nitrogens is 2. The molecule has 7 heteroatoms. The molecule has 0 saturated heterocycles. The van der Waals surface area contributed by atoms with E-state index >= 15 is 0 Å². The first-order chi connectivity index (χ1) is 15.2. The smallest absolute Gasteiger partial charge is 0.336 e. The van der Waals surface area contributed by atoms with Gasteiger partial charge >= 0.3 is 5.97 Å².